The van der Waals surface area contributed by atoms with Gasteiger partial charge in [0.2, 0.25) is 0 Å². The van der Waals surface area contributed by atoms with Crippen molar-refractivity contribution in [2.45, 2.75) is 0 Å². The van der Waals surface area contributed by atoms with Crippen LogP contribution in [0.15, 0.2) is 0 Å². The molecule has 60 heteroatoms. The molecule has 0 unspecified atom stereocenters. The SMILES string of the molecule is [O-][Te+]([O-])[O-].[O-][Te+]([O-])[O-].[O-][Te+]([O-])[O-].[O-][Te+]([O-])[O-].[O-][Te+]([O-])[O-].[O-][Te+]([O-])[O-].[O-][Te+]([O-])[O-].[O-][Te+]([O-])[O-].[O-][Te+]([O-])[O-].[O-][Te+]([O-])[O-].[O-][Te+]([O-])[O-].[O-][Te+]([O-])[O-].[Sr+2].[Sr+2].[Sr+2].[Sr+2].[Sr+2].[Sr+2].[Sr+2].[Sr+2].[Sr+2].[Sr+2].[Sr+2].[Sr+2]. The van der Waals surface area contributed by atoms with Gasteiger partial charge in [0, 0.05) is 0 Å². The summed E-state index contributed by atoms with van der Waals surface area (Å²) in [6, 6.07) is 0. The summed E-state index contributed by atoms with van der Waals surface area (Å²) in [5.74, 6) is 0. The molecule has 0 aromatic carbocycles. The van der Waals surface area contributed by atoms with Gasteiger partial charge in [0.1, 0.15) is 0 Å². The molecule has 0 aliphatic carbocycles. The Bertz CT molecular complexity index is 268. The molecule has 0 fully saturated rings. The van der Waals surface area contributed by atoms with Gasteiger partial charge in [-0.3, -0.25) is 0 Å². The maximum atomic E-state index is 8.59. The van der Waals surface area contributed by atoms with Crippen molar-refractivity contribution in [2.24, 2.45) is 0 Å². The standard InChI is InChI=1S/12H2O3Te.12Sr/c12*1-4(2)3;;;;;;;;;;;;/h12*(H2,1,2,3);;;;;;;;;;;;/q;;;;;;;;;;;;12*+2/p-24. The van der Waals surface area contributed by atoms with Gasteiger partial charge < -0.3 is 0 Å². The molecule has 0 saturated carbocycles. The largest absolute Gasteiger partial charge is 2.00 e. The molecule has 0 aromatic rings. The van der Waals surface area contributed by atoms with Crippen LogP contribution in [0.4, 0.5) is 0 Å². The normalized spacial score (nSPS) is 7.20. The second-order valence-electron chi connectivity index (χ2n) is 2.45. The Labute approximate surface area is 887 Å². The fourth-order valence-corrected chi connectivity index (χ4v) is 0. The van der Waals surface area contributed by atoms with Gasteiger partial charge >= 0.3 is 920 Å². The van der Waals surface area contributed by atoms with E-state index in [9.17, 15) is 0 Å². The van der Waals surface area contributed by atoms with Crippen LogP contribution in [0.1, 0.15) is 0 Å². The fourth-order valence-electron chi connectivity index (χ4n) is 0. The van der Waals surface area contributed by atoms with Crippen LogP contribution in [-0.4, -0.2) is 795 Å². The van der Waals surface area contributed by atoms with Crippen molar-refractivity contribution in [3.05, 3.63) is 0 Å². The molecule has 312 valence electrons. The quantitative estimate of drug-likeness (QED) is 0.203. The first-order valence-electron chi connectivity index (χ1n) is 6.00. The molecule has 0 N–H and O–H groups in total. The molecule has 0 spiro atoms. The molecular formula is O36Sr12Te12. The summed E-state index contributed by atoms with van der Waals surface area (Å²) in [6.45, 7) is 0. The average molecular weight is 3160 g/mol. The van der Waals surface area contributed by atoms with E-state index in [4.69, 9.17) is 125 Å². The second kappa shape index (κ2) is 156. The maximum absolute atomic E-state index is 8.59. The summed E-state index contributed by atoms with van der Waals surface area (Å²) in [4.78, 5) is 0. The maximum Gasteiger partial charge on any atom is 2.00 e. The molecule has 0 amide bonds. The van der Waals surface area contributed by atoms with Gasteiger partial charge in [0.05, 0.1) is 0 Å². The minimum Gasteiger partial charge on any atom is 2.00 e. The van der Waals surface area contributed by atoms with E-state index in [-0.39, 0.29) is 546 Å². The van der Waals surface area contributed by atoms with Crippen LogP contribution in [0.25, 0.3) is 0 Å². The van der Waals surface area contributed by atoms with Gasteiger partial charge in [-0.25, -0.2) is 0 Å². The summed E-state index contributed by atoms with van der Waals surface area (Å²) in [6.07, 6.45) is 0. The summed E-state index contributed by atoms with van der Waals surface area (Å²) in [7, 11) is 0. The van der Waals surface area contributed by atoms with Crippen LogP contribution in [0, 0.1) is 0 Å². The van der Waals surface area contributed by atoms with E-state index < -0.39 is 249 Å². The fraction of sp³-hybridized carbons (Fsp3) is 0. The van der Waals surface area contributed by atoms with Gasteiger partial charge in [-0.05, 0) is 0 Å². The third-order valence-corrected chi connectivity index (χ3v) is 0. The molecule has 60 heavy (non-hydrogen) atoms. The van der Waals surface area contributed by atoms with Crippen LogP contribution < -0.4 is 125 Å². The Morgan fingerprint density at radius 1 is 0.0833 bits per heavy atom. The number of hydrogen-bond acceptors (Lipinski definition) is 36. The zero-order chi connectivity index (χ0) is 42.9. The molecule has 0 bridgehead atoms. The molecule has 0 heterocycles. The van der Waals surface area contributed by atoms with E-state index in [0.29, 0.717) is 0 Å². The third kappa shape index (κ3) is 863. The van der Waals surface area contributed by atoms with E-state index >= 15 is 0 Å². The van der Waals surface area contributed by atoms with Gasteiger partial charge in [0.25, 0.3) is 0 Å². The van der Waals surface area contributed by atoms with Crippen molar-refractivity contribution >= 4 is 795 Å². The summed E-state index contributed by atoms with van der Waals surface area (Å²) < 4.78 is 309. The van der Waals surface area contributed by atoms with Gasteiger partial charge in [-0.1, -0.05) is 0 Å². The number of rotatable bonds is 0. The topological polar surface area (TPSA) is 830 Å². The van der Waals surface area contributed by atoms with Crippen molar-refractivity contribution in [1.82, 2.24) is 0 Å². The Balaban J connectivity index is -0.0000000105. The molecule has 36 nitrogen and oxygen atoms in total. The zero-order valence-electron chi connectivity index (χ0n) is 28.1. The Morgan fingerprint density at radius 2 is 0.0833 bits per heavy atom. The molecule has 0 saturated heterocycles. The summed E-state index contributed by atoms with van der Waals surface area (Å²) in [5, 5.41) is 0. The van der Waals surface area contributed by atoms with E-state index in [1.807, 2.05) is 0 Å². The van der Waals surface area contributed by atoms with Crippen molar-refractivity contribution in [1.29, 1.82) is 0 Å². The first kappa shape index (κ1) is 162. The first-order chi connectivity index (χ1) is 20.8. The van der Waals surface area contributed by atoms with Crippen LogP contribution in [0.3, 0.4) is 0 Å². The van der Waals surface area contributed by atoms with Crippen LogP contribution in [-0.2, 0) is 0 Å². The zero-order valence-corrected chi connectivity index (χ0v) is 97.8. The molecule has 0 radical (unpaired) electrons. The Morgan fingerprint density at radius 3 is 0.0833 bits per heavy atom. The van der Waals surface area contributed by atoms with E-state index in [0.717, 1.165) is 0 Å². The van der Waals surface area contributed by atoms with Crippen molar-refractivity contribution in [2.75, 3.05) is 0 Å². The van der Waals surface area contributed by atoms with E-state index in [2.05, 4.69) is 0 Å². The Hall–Kier alpha value is 25.8. The molecule has 0 aromatic heterocycles. The van der Waals surface area contributed by atoms with E-state index in [1.54, 1.807) is 0 Å². The van der Waals surface area contributed by atoms with E-state index in [1.165, 1.54) is 0 Å². The van der Waals surface area contributed by atoms with Gasteiger partial charge in [-0.2, -0.15) is 0 Å². The predicted octanol–water partition coefficient (Wildman–Crippen LogP) is -51.9. The third-order valence-electron chi connectivity index (χ3n) is 0. The molecule has 0 aliphatic rings. The van der Waals surface area contributed by atoms with Crippen LogP contribution in [0.2, 0.25) is 0 Å². The van der Waals surface area contributed by atoms with Gasteiger partial charge in [0.15, 0.2) is 0 Å². The number of hydrogen-bond donors (Lipinski definition) is 0. The second-order valence-corrected chi connectivity index (χ2v) is 16.4. The molecule has 0 rings (SSSR count). The van der Waals surface area contributed by atoms with Crippen molar-refractivity contribution in [3.63, 3.8) is 0 Å². The smallest absolute Gasteiger partial charge is 2.00 e. The summed E-state index contributed by atoms with van der Waals surface area (Å²) in [5.41, 5.74) is 0. The summed E-state index contributed by atoms with van der Waals surface area (Å²) >= 11 is -49.3. The van der Waals surface area contributed by atoms with Crippen molar-refractivity contribution in [3.8, 4) is 0 Å². The van der Waals surface area contributed by atoms with Crippen molar-refractivity contribution < 1.29 is 125 Å². The minimum atomic E-state index is -4.11. The van der Waals surface area contributed by atoms with Crippen LogP contribution in [0.5, 0.6) is 0 Å². The molecule has 0 aliphatic heterocycles. The average Bonchev–Trinajstić information content (AvgIpc) is 2.61. The minimum absolute atomic E-state index is 0. The monoisotopic (exact) mass is 3190 g/mol. The Kier molecular flexibility index (Phi) is 420. The molecule has 0 atom stereocenters. The van der Waals surface area contributed by atoms with Crippen LogP contribution >= 0.6 is 0 Å². The van der Waals surface area contributed by atoms with Gasteiger partial charge in [-0.15, -0.1) is 0 Å². The predicted molar refractivity (Wildman–Crippen MR) is 138 cm³/mol. The first-order valence-corrected chi connectivity index (χ1v) is 40.2. The molecular weight excluding hydrogens is 3160 g/mol.